The fourth-order valence-corrected chi connectivity index (χ4v) is 0.974. The third-order valence-electron chi connectivity index (χ3n) is 2.70. The van der Waals surface area contributed by atoms with Crippen molar-refractivity contribution in [3.63, 3.8) is 0 Å². The molecule has 0 aromatic heterocycles. The van der Waals surface area contributed by atoms with Gasteiger partial charge in [0.25, 0.3) is 0 Å². The fraction of sp³-hybridized carbons (Fsp3) is 0.833. The van der Waals surface area contributed by atoms with Gasteiger partial charge in [0.1, 0.15) is 6.61 Å². The van der Waals surface area contributed by atoms with Crippen LogP contribution in [-0.2, 0) is 14.3 Å². The fourth-order valence-electron chi connectivity index (χ4n) is 0.974. The summed E-state index contributed by atoms with van der Waals surface area (Å²) in [7, 11) is 0. The van der Waals surface area contributed by atoms with Crippen LogP contribution in [0.4, 0.5) is 0 Å². The van der Waals surface area contributed by atoms with Crippen LogP contribution in [0.3, 0.4) is 0 Å². The molecule has 0 rings (SSSR count). The smallest absolute Gasteiger partial charge is 0.246 e. The van der Waals surface area contributed by atoms with Gasteiger partial charge >= 0.3 is 0 Å². The van der Waals surface area contributed by atoms with Crippen LogP contribution < -0.4 is 5.32 Å². The van der Waals surface area contributed by atoms with E-state index in [1.54, 1.807) is 0 Å². The molecule has 1 amide bonds. The molecule has 2 atom stereocenters. The molecule has 0 spiro atoms. The molecule has 0 saturated heterocycles. The molecule has 0 aromatic carbocycles. The number of carbonyl (C=O) groups is 2. The molecule has 4 nitrogen and oxygen atoms in total. The molecule has 0 aromatic rings. The van der Waals surface area contributed by atoms with Crippen molar-refractivity contribution in [2.45, 2.75) is 46.6 Å². The minimum Gasteiger partial charge on any atom is -0.369 e. The SMILES string of the molecule is CCC(C)OCC(=O)NCC(=O)C(C)CC. The average molecular weight is 229 g/mol. The van der Waals surface area contributed by atoms with Gasteiger partial charge in [-0.3, -0.25) is 9.59 Å². The van der Waals surface area contributed by atoms with E-state index in [0.717, 1.165) is 12.8 Å². The highest BCUT2D eigenvalue weighted by Gasteiger charge is 2.12. The van der Waals surface area contributed by atoms with Crippen LogP contribution in [0.25, 0.3) is 0 Å². The Morgan fingerprint density at radius 3 is 2.31 bits per heavy atom. The molecule has 4 heteroatoms. The van der Waals surface area contributed by atoms with E-state index in [-0.39, 0.29) is 36.9 Å². The van der Waals surface area contributed by atoms with E-state index in [4.69, 9.17) is 4.74 Å². The van der Waals surface area contributed by atoms with Crippen molar-refractivity contribution in [1.82, 2.24) is 5.32 Å². The minimum atomic E-state index is -0.225. The van der Waals surface area contributed by atoms with Gasteiger partial charge in [0.2, 0.25) is 5.91 Å². The Bertz CT molecular complexity index is 228. The molecule has 0 bridgehead atoms. The number of amides is 1. The third-order valence-corrected chi connectivity index (χ3v) is 2.70. The van der Waals surface area contributed by atoms with Crippen molar-refractivity contribution >= 4 is 11.7 Å². The molecular weight excluding hydrogens is 206 g/mol. The lowest BCUT2D eigenvalue weighted by molar-refractivity contribution is -0.130. The van der Waals surface area contributed by atoms with Crippen LogP contribution in [-0.4, -0.2) is 30.9 Å². The maximum Gasteiger partial charge on any atom is 0.246 e. The van der Waals surface area contributed by atoms with E-state index >= 15 is 0 Å². The monoisotopic (exact) mass is 229 g/mol. The quantitative estimate of drug-likeness (QED) is 0.686. The lowest BCUT2D eigenvalue weighted by Gasteiger charge is -2.11. The Labute approximate surface area is 97.7 Å². The lowest BCUT2D eigenvalue weighted by atomic mass is 10.0. The first-order valence-corrected chi connectivity index (χ1v) is 5.92. The molecule has 2 unspecified atom stereocenters. The van der Waals surface area contributed by atoms with Crippen molar-refractivity contribution in [3.05, 3.63) is 0 Å². The highest BCUT2D eigenvalue weighted by molar-refractivity contribution is 5.87. The number of carbonyl (C=O) groups excluding carboxylic acids is 2. The van der Waals surface area contributed by atoms with Gasteiger partial charge in [0, 0.05) is 5.92 Å². The summed E-state index contributed by atoms with van der Waals surface area (Å²) >= 11 is 0. The van der Waals surface area contributed by atoms with E-state index in [1.807, 2.05) is 27.7 Å². The van der Waals surface area contributed by atoms with E-state index < -0.39 is 0 Å². The van der Waals surface area contributed by atoms with Crippen LogP contribution in [0.1, 0.15) is 40.5 Å². The molecule has 0 heterocycles. The average Bonchev–Trinajstić information content (AvgIpc) is 2.31. The molecule has 94 valence electrons. The second-order valence-corrected chi connectivity index (χ2v) is 4.08. The summed E-state index contributed by atoms with van der Waals surface area (Å²) in [5.74, 6) is -0.146. The number of hydrogen-bond donors (Lipinski definition) is 1. The number of hydrogen-bond acceptors (Lipinski definition) is 3. The number of nitrogens with one attached hydrogen (secondary N) is 1. The zero-order valence-electron chi connectivity index (χ0n) is 10.7. The topological polar surface area (TPSA) is 55.4 Å². The molecular formula is C12H23NO3. The van der Waals surface area contributed by atoms with Crippen molar-refractivity contribution in [2.24, 2.45) is 5.92 Å². The number of rotatable bonds is 8. The van der Waals surface area contributed by atoms with Gasteiger partial charge in [-0.25, -0.2) is 0 Å². The molecule has 0 aliphatic rings. The summed E-state index contributed by atoms with van der Waals surface area (Å²) in [5.41, 5.74) is 0. The van der Waals surface area contributed by atoms with Gasteiger partial charge in [-0.2, -0.15) is 0 Å². The Kier molecular flexibility index (Phi) is 7.81. The number of ketones is 1. The van der Waals surface area contributed by atoms with E-state index in [2.05, 4.69) is 5.32 Å². The normalized spacial score (nSPS) is 14.2. The van der Waals surface area contributed by atoms with Gasteiger partial charge in [-0.15, -0.1) is 0 Å². The number of ether oxygens (including phenoxy) is 1. The number of Topliss-reactive ketones (excluding diaryl/α,β-unsaturated/α-hetero) is 1. The van der Waals surface area contributed by atoms with Gasteiger partial charge in [-0.1, -0.05) is 20.8 Å². The van der Waals surface area contributed by atoms with Crippen LogP contribution in [0.2, 0.25) is 0 Å². The standard InChI is InChI=1S/C12H23NO3/c1-5-9(3)11(14)7-13-12(15)8-16-10(4)6-2/h9-10H,5-8H2,1-4H3,(H,13,15). The van der Waals surface area contributed by atoms with Gasteiger partial charge < -0.3 is 10.1 Å². The Hall–Kier alpha value is -0.900. The molecule has 0 radical (unpaired) electrons. The van der Waals surface area contributed by atoms with Crippen LogP contribution in [0, 0.1) is 5.92 Å². The third kappa shape index (κ3) is 6.56. The Balaban J connectivity index is 3.69. The summed E-state index contributed by atoms with van der Waals surface area (Å²) in [6.45, 7) is 7.87. The summed E-state index contributed by atoms with van der Waals surface area (Å²) in [5, 5.41) is 2.56. The first-order valence-electron chi connectivity index (χ1n) is 5.92. The van der Waals surface area contributed by atoms with Crippen LogP contribution in [0.5, 0.6) is 0 Å². The highest BCUT2D eigenvalue weighted by Crippen LogP contribution is 2.00. The summed E-state index contributed by atoms with van der Waals surface area (Å²) < 4.78 is 5.25. The van der Waals surface area contributed by atoms with Crippen molar-refractivity contribution in [2.75, 3.05) is 13.2 Å². The van der Waals surface area contributed by atoms with Gasteiger partial charge in [-0.05, 0) is 19.8 Å². The maximum atomic E-state index is 11.4. The van der Waals surface area contributed by atoms with E-state index in [0.29, 0.717) is 0 Å². The second-order valence-electron chi connectivity index (χ2n) is 4.08. The largest absolute Gasteiger partial charge is 0.369 e. The molecule has 0 fully saturated rings. The second kappa shape index (κ2) is 8.28. The van der Waals surface area contributed by atoms with Gasteiger partial charge in [0.15, 0.2) is 5.78 Å². The minimum absolute atomic E-state index is 0.00998. The van der Waals surface area contributed by atoms with Gasteiger partial charge in [0.05, 0.1) is 12.6 Å². The molecule has 16 heavy (non-hydrogen) atoms. The molecule has 0 aliphatic carbocycles. The first-order chi connectivity index (χ1) is 7.51. The van der Waals surface area contributed by atoms with Crippen molar-refractivity contribution in [1.29, 1.82) is 0 Å². The molecule has 1 N–H and O–H groups in total. The van der Waals surface area contributed by atoms with E-state index in [9.17, 15) is 9.59 Å². The first kappa shape index (κ1) is 15.1. The van der Waals surface area contributed by atoms with Crippen LogP contribution >= 0.6 is 0 Å². The predicted molar refractivity (Wildman–Crippen MR) is 63.2 cm³/mol. The van der Waals surface area contributed by atoms with Crippen LogP contribution in [0.15, 0.2) is 0 Å². The zero-order chi connectivity index (χ0) is 12.6. The predicted octanol–water partition coefficient (Wildman–Crippen LogP) is 1.53. The summed E-state index contributed by atoms with van der Waals surface area (Å²) in [4.78, 5) is 22.7. The Morgan fingerprint density at radius 1 is 1.19 bits per heavy atom. The lowest BCUT2D eigenvalue weighted by Crippen LogP contribution is -2.35. The highest BCUT2D eigenvalue weighted by atomic mass is 16.5. The summed E-state index contributed by atoms with van der Waals surface area (Å²) in [6.07, 6.45) is 1.76. The summed E-state index contributed by atoms with van der Waals surface area (Å²) in [6, 6.07) is 0. The van der Waals surface area contributed by atoms with Crippen molar-refractivity contribution in [3.8, 4) is 0 Å². The maximum absolute atomic E-state index is 11.4. The van der Waals surface area contributed by atoms with E-state index in [1.165, 1.54) is 0 Å². The van der Waals surface area contributed by atoms with Crippen molar-refractivity contribution < 1.29 is 14.3 Å². The molecule has 0 aliphatic heterocycles. The Morgan fingerprint density at radius 2 is 1.81 bits per heavy atom. The molecule has 0 saturated carbocycles. The zero-order valence-corrected chi connectivity index (χ0v) is 10.7.